The zero-order valence-electron chi connectivity index (χ0n) is 16.5. The van der Waals surface area contributed by atoms with Gasteiger partial charge in [0.15, 0.2) is 0 Å². The van der Waals surface area contributed by atoms with Crippen LogP contribution in [0.3, 0.4) is 0 Å². The van der Waals surface area contributed by atoms with E-state index in [9.17, 15) is 4.79 Å². The second-order valence-electron chi connectivity index (χ2n) is 7.45. The molecule has 1 atom stereocenters. The normalized spacial score (nSPS) is 16.4. The summed E-state index contributed by atoms with van der Waals surface area (Å²) >= 11 is 0. The number of hydrogen-bond acceptors (Lipinski definition) is 3. The minimum absolute atomic E-state index is 0.0472. The van der Waals surface area contributed by atoms with Gasteiger partial charge in [-0.05, 0) is 62.6 Å². The lowest BCUT2D eigenvalue weighted by Gasteiger charge is -2.20. The number of aryl methyl sites for hydroxylation is 3. The molecule has 0 aliphatic carbocycles. The fourth-order valence-electron chi connectivity index (χ4n) is 3.78. The minimum atomic E-state index is -0.0472. The van der Waals surface area contributed by atoms with Crippen molar-refractivity contribution in [1.29, 1.82) is 0 Å². The van der Waals surface area contributed by atoms with Gasteiger partial charge >= 0.3 is 6.03 Å². The zero-order chi connectivity index (χ0) is 19.7. The van der Waals surface area contributed by atoms with Crippen molar-refractivity contribution in [1.82, 2.24) is 19.4 Å². The third-order valence-corrected chi connectivity index (χ3v) is 5.49. The predicted molar refractivity (Wildman–Crippen MR) is 110 cm³/mol. The van der Waals surface area contributed by atoms with Crippen LogP contribution in [-0.4, -0.2) is 38.6 Å². The summed E-state index contributed by atoms with van der Waals surface area (Å²) in [5, 5.41) is 3.03. The van der Waals surface area contributed by atoms with Crippen molar-refractivity contribution in [2.45, 2.75) is 33.2 Å². The number of imidazole rings is 1. The van der Waals surface area contributed by atoms with Crippen molar-refractivity contribution in [3.05, 3.63) is 65.7 Å². The molecule has 1 N–H and O–H groups in total. The molecule has 2 aromatic heterocycles. The second-order valence-corrected chi connectivity index (χ2v) is 7.45. The van der Waals surface area contributed by atoms with Gasteiger partial charge < -0.3 is 14.8 Å². The zero-order valence-corrected chi connectivity index (χ0v) is 16.5. The highest BCUT2D eigenvalue weighted by Gasteiger charge is 2.30. The molecule has 4 rings (SSSR count). The van der Waals surface area contributed by atoms with Crippen LogP contribution in [0.1, 0.15) is 29.3 Å². The number of amides is 2. The molecular formula is C22H25N5O. The summed E-state index contributed by atoms with van der Waals surface area (Å²) in [6.45, 7) is 7.59. The van der Waals surface area contributed by atoms with E-state index in [4.69, 9.17) is 0 Å². The summed E-state index contributed by atoms with van der Waals surface area (Å²) in [5.74, 6) is 0.932. The Labute approximate surface area is 165 Å². The Hall–Kier alpha value is -3.15. The number of anilines is 1. The third-order valence-electron chi connectivity index (χ3n) is 5.49. The molecule has 1 fully saturated rings. The smallest absolute Gasteiger partial charge is 0.321 e. The fourth-order valence-corrected chi connectivity index (χ4v) is 3.78. The molecule has 1 aliphatic heterocycles. The number of aromatic nitrogens is 3. The van der Waals surface area contributed by atoms with Crippen LogP contribution >= 0.6 is 0 Å². The van der Waals surface area contributed by atoms with E-state index in [0.717, 1.165) is 35.7 Å². The van der Waals surface area contributed by atoms with Gasteiger partial charge in [-0.2, -0.15) is 0 Å². The standard InChI is InChI=1S/C22H25N5O/c1-15-4-5-19(12-16(15)2)25-22(28)26-11-8-20(14-26)27-17(3)13-24-21(27)18-6-9-23-10-7-18/h4-7,9-10,12-13,20H,8,11,14H2,1-3H3,(H,25,28). The first-order chi connectivity index (χ1) is 13.5. The highest BCUT2D eigenvalue weighted by atomic mass is 16.2. The van der Waals surface area contributed by atoms with Gasteiger partial charge in [0.2, 0.25) is 0 Å². The highest BCUT2D eigenvalue weighted by molar-refractivity contribution is 5.89. The van der Waals surface area contributed by atoms with Crippen LogP contribution in [0.25, 0.3) is 11.4 Å². The monoisotopic (exact) mass is 375 g/mol. The minimum Gasteiger partial charge on any atom is -0.323 e. The summed E-state index contributed by atoms with van der Waals surface area (Å²) in [6.07, 6.45) is 6.37. The van der Waals surface area contributed by atoms with Gasteiger partial charge in [-0.15, -0.1) is 0 Å². The number of benzene rings is 1. The topological polar surface area (TPSA) is 63.1 Å². The van der Waals surface area contributed by atoms with Gasteiger partial charge in [0.05, 0.1) is 6.04 Å². The molecule has 28 heavy (non-hydrogen) atoms. The van der Waals surface area contributed by atoms with Crippen LogP contribution < -0.4 is 5.32 Å². The molecule has 144 valence electrons. The highest BCUT2D eigenvalue weighted by Crippen LogP contribution is 2.29. The van der Waals surface area contributed by atoms with Crippen molar-refractivity contribution in [3.8, 4) is 11.4 Å². The van der Waals surface area contributed by atoms with Gasteiger partial charge in [0.25, 0.3) is 0 Å². The average Bonchev–Trinajstić information content (AvgIpc) is 3.32. The summed E-state index contributed by atoms with van der Waals surface area (Å²) in [4.78, 5) is 23.3. The number of nitrogens with zero attached hydrogens (tertiary/aromatic N) is 4. The molecule has 1 saturated heterocycles. The van der Waals surface area contributed by atoms with Gasteiger partial charge in [-0.3, -0.25) is 4.98 Å². The van der Waals surface area contributed by atoms with E-state index in [2.05, 4.69) is 40.6 Å². The van der Waals surface area contributed by atoms with Crippen LogP contribution in [0.4, 0.5) is 10.5 Å². The van der Waals surface area contributed by atoms with Crippen molar-refractivity contribution in [3.63, 3.8) is 0 Å². The lowest BCUT2D eigenvalue weighted by molar-refractivity contribution is 0.221. The summed E-state index contributed by atoms with van der Waals surface area (Å²) in [7, 11) is 0. The van der Waals surface area contributed by atoms with Crippen molar-refractivity contribution in [2.24, 2.45) is 0 Å². The molecule has 1 aliphatic rings. The maximum atomic E-state index is 12.7. The largest absolute Gasteiger partial charge is 0.323 e. The average molecular weight is 375 g/mol. The Morgan fingerprint density at radius 2 is 1.89 bits per heavy atom. The quantitative estimate of drug-likeness (QED) is 0.740. The Morgan fingerprint density at radius 1 is 1.11 bits per heavy atom. The van der Waals surface area contributed by atoms with E-state index in [1.807, 2.05) is 41.4 Å². The molecule has 0 spiro atoms. The van der Waals surface area contributed by atoms with Crippen LogP contribution in [0.15, 0.2) is 48.9 Å². The summed E-state index contributed by atoms with van der Waals surface area (Å²) < 4.78 is 2.25. The number of hydrogen-bond donors (Lipinski definition) is 1. The van der Waals surface area contributed by atoms with Gasteiger partial charge in [0, 0.05) is 48.6 Å². The molecule has 3 heterocycles. The van der Waals surface area contributed by atoms with Crippen LogP contribution in [-0.2, 0) is 0 Å². The number of pyridine rings is 1. The lowest BCUT2D eigenvalue weighted by Crippen LogP contribution is -2.33. The molecule has 0 bridgehead atoms. The molecule has 2 amide bonds. The first-order valence-corrected chi connectivity index (χ1v) is 9.60. The fraction of sp³-hybridized carbons (Fsp3) is 0.318. The number of carbonyl (C=O) groups excluding carboxylic acids is 1. The Bertz CT molecular complexity index is 995. The number of likely N-dealkylation sites (tertiary alicyclic amines) is 1. The Kier molecular flexibility index (Phi) is 4.86. The summed E-state index contributed by atoms with van der Waals surface area (Å²) in [6, 6.07) is 10.1. The van der Waals surface area contributed by atoms with Crippen LogP contribution in [0, 0.1) is 20.8 Å². The number of rotatable bonds is 3. The van der Waals surface area contributed by atoms with Crippen LogP contribution in [0.2, 0.25) is 0 Å². The molecule has 3 aromatic rings. The van der Waals surface area contributed by atoms with E-state index < -0.39 is 0 Å². The lowest BCUT2D eigenvalue weighted by atomic mass is 10.1. The first-order valence-electron chi connectivity index (χ1n) is 9.60. The first kappa shape index (κ1) is 18.2. The number of nitrogens with one attached hydrogen (secondary N) is 1. The van der Waals surface area contributed by atoms with E-state index >= 15 is 0 Å². The number of carbonyl (C=O) groups is 1. The Balaban J connectivity index is 1.49. The predicted octanol–water partition coefficient (Wildman–Crippen LogP) is 4.35. The molecule has 6 heteroatoms. The third kappa shape index (κ3) is 3.50. The van der Waals surface area contributed by atoms with Gasteiger partial charge in [-0.25, -0.2) is 9.78 Å². The maximum Gasteiger partial charge on any atom is 0.321 e. The molecule has 1 aromatic carbocycles. The van der Waals surface area contributed by atoms with E-state index in [0.29, 0.717) is 6.54 Å². The van der Waals surface area contributed by atoms with Gasteiger partial charge in [0.1, 0.15) is 5.82 Å². The van der Waals surface area contributed by atoms with E-state index in [-0.39, 0.29) is 12.1 Å². The number of urea groups is 1. The van der Waals surface area contributed by atoms with E-state index in [1.165, 1.54) is 11.1 Å². The molecule has 1 unspecified atom stereocenters. The van der Waals surface area contributed by atoms with Crippen LogP contribution in [0.5, 0.6) is 0 Å². The summed E-state index contributed by atoms with van der Waals surface area (Å²) in [5.41, 5.74) is 5.38. The van der Waals surface area contributed by atoms with Crippen molar-refractivity contribution in [2.75, 3.05) is 18.4 Å². The van der Waals surface area contributed by atoms with E-state index in [1.54, 1.807) is 12.4 Å². The molecule has 0 saturated carbocycles. The van der Waals surface area contributed by atoms with Crippen molar-refractivity contribution < 1.29 is 4.79 Å². The SMILES string of the molecule is Cc1ccc(NC(=O)N2CCC(n3c(C)cnc3-c3ccncc3)C2)cc1C. The second kappa shape index (κ2) is 7.46. The Morgan fingerprint density at radius 3 is 2.64 bits per heavy atom. The molecule has 6 nitrogen and oxygen atoms in total. The maximum absolute atomic E-state index is 12.7. The van der Waals surface area contributed by atoms with Crippen molar-refractivity contribution >= 4 is 11.7 Å². The van der Waals surface area contributed by atoms with Gasteiger partial charge in [-0.1, -0.05) is 6.07 Å². The molecule has 0 radical (unpaired) electrons. The molecular weight excluding hydrogens is 350 g/mol.